The van der Waals surface area contributed by atoms with Crippen LogP contribution in [0.1, 0.15) is 5.56 Å². The summed E-state index contributed by atoms with van der Waals surface area (Å²) < 4.78 is 17.6. The maximum absolute atomic E-state index is 12.4. The highest BCUT2D eigenvalue weighted by molar-refractivity contribution is 8.00. The molecular formula is C22H24N2O5S. The van der Waals surface area contributed by atoms with Gasteiger partial charge < -0.3 is 24.1 Å². The first-order valence-corrected chi connectivity index (χ1v) is 10.2. The van der Waals surface area contributed by atoms with Crippen molar-refractivity contribution in [2.45, 2.75) is 11.4 Å². The molecule has 0 aliphatic heterocycles. The zero-order chi connectivity index (χ0) is 21.7. The molecule has 0 aliphatic rings. The molecule has 1 N–H and O–H groups in total. The minimum absolute atomic E-state index is 0.103. The fourth-order valence-corrected chi connectivity index (χ4v) is 4.03. The lowest BCUT2D eigenvalue weighted by Gasteiger charge is -2.14. The van der Waals surface area contributed by atoms with Crippen LogP contribution in [0.2, 0.25) is 0 Å². The second-order valence-electron chi connectivity index (χ2n) is 6.52. The molecule has 0 atom stereocenters. The molecule has 8 heteroatoms. The minimum Gasteiger partial charge on any atom is -0.493 e. The first-order chi connectivity index (χ1) is 14.5. The van der Waals surface area contributed by atoms with E-state index in [0.29, 0.717) is 23.8 Å². The molecular weight excluding hydrogens is 404 g/mol. The number of amides is 1. The number of hydrogen-bond donors (Lipinski definition) is 1. The van der Waals surface area contributed by atoms with Gasteiger partial charge in [0.15, 0.2) is 11.5 Å². The molecule has 0 spiro atoms. The van der Waals surface area contributed by atoms with E-state index in [9.17, 15) is 9.59 Å². The molecule has 30 heavy (non-hydrogen) atoms. The smallest absolute Gasteiger partial charge is 0.251 e. The van der Waals surface area contributed by atoms with E-state index in [1.165, 1.54) is 11.8 Å². The Kier molecular flexibility index (Phi) is 6.89. The van der Waals surface area contributed by atoms with Gasteiger partial charge in [0.25, 0.3) is 5.56 Å². The van der Waals surface area contributed by atoms with Gasteiger partial charge in [-0.3, -0.25) is 9.59 Å². The highest BCUT2D eigenvalue weighted by Gasteiger charge is 2.14. The number of thioether (sulfide) groups is 1. The first-order valence-electron chi connectivity index (χ1n) is 9.25. The molecule has 0 radical (unpaired) electrons. The number of ether oxygens (including phenoxy) is 3. The third-order valence-electron chi connectivity index (χ3n) is 4.69. The minimum atomic E-state index is -0.140. The number of nitrogens with one attached hydrogen (secondary N) is 1. The highest BCUT2D eigenvalue weighted by Crippen LogP contribution is 2.38. The van der Waals surface area contributed by atoms with Crippen molar-refractivity contribution in [1.82, 2.24) is 9.88 Å². The third-order valence-corrected chi connectivity index (χ3v) is 5.74. The van der Waals surface area contributed by atoms with E-state index in [4.69, 9.17) is 14.2 Å². The van der Waals surface area contributed by atoms with E-state index in [1.54, 1.807) is 51.1 Å². The molecule has 1 amide bonds. The van der Waals surface area contributed by atoms with Crippen LogP contribution in [-0.2, 0) is 18.4 Å². The molecule has 0 saturated carbocycles. The van der Waals surface area contributed by atoms with Crippen LogP contribution in [-0.4, -0.2) is 37.6 Å². The predicted octanol–water partition coefficient (Wildman–Crippen LogP) is 2.97. The second-order valence-corrected chi connectivity index (χ2v) is 7.54. The predicted molar refractivity (Wildman–Crippen MR) is 118 cm³/mol. The lowest BCUT2D eigenvalue weighted by molar-refractivity contribution is -0.118. The number of aromatic nitrogens is 1. The summed E-state index contributed by atoms with van der Waals surface area (Å²) in [6, 6.07) is 12.8. The van der Waals surface area contributed by atoms with E-state index in [-0.39, 0.29) is 17.2 Å². The van der Waals surface area contributed by atoms with Gasteiger partial charge in [0.2, 0.25) is 11.7 Å². The maximum Gasteiger partial charge on any atom is 0.251 e. The molecule has 0 unspecified atom stereocenters. The molecule has 0 saturated heterocycles. The van der Waals surface area contributed by atoms with E-state index in [2.05, 4.69) is 5.32 Å². The highest BCUT2D eigenvalue weighted by atomic mass is 32.2. The van der Waals surface area contributed by atoms with Crippen LogP contribution in [0, 0.1) is 0 Å². The number of carbonyl (C=O) groups excluding carboxylic acids is 1. The fraction of sp³-hybridized carbons (Fsp3) is 0.273. The van der Waals surface area contributed by atoms with E-state index in [0.717, 1.165) is 21.4 Å². The number of benzene rings is 2. The van der Waals surface area contributed by atoms with Crippen LogP contribution >= 0.6 is 11.8 Å². The van der Waals surface area contributed by atoms with Crippen LogP contribution in [0.4, 0.5) is 0 Å². The van der Waals surface area contributed by atoms with Crippen molar-refractivity contribution >= 4 is 28.6 Å². The first kappa shape index (κ1) is 21.6. The van der Waals surface area contributed by atoms with Gasteiger partial charge in [-0.2, -0.15) is 0 Å². The summed E-state index contributed by atoms with van der Waals surface area (Å²) in [5.74, 6) is 1.62. The van der Waals surface area contributed by atoms with Crippen molar-refractivity contribution < 1.29 is 19.0 Å². The molecule has 7 nitrogen and oxygen atoms in total. The van der Waals surface area contributed by atoms with Crippen LogP contribution in [0.3, 0.4) is 0 Å². The SMILES string of the molecule is COc1cc(CNC(=O)CSc2cc(=O)n(C)c3ccccc23)cc(OC)c1OC. The Morgan fingerprint density at radius 1 is 1.03 bits per heavy atom. The molecule has 0 bridgehead atoms. The molecule has 3 aromatic rings. The molecule has 1 heterocycles. The summed E-state index contributed by atoms with van der Waals surface area (Å²) in [5.41, 5.74) is 1.56. The number of aryl methyl sites for hydroxylation is 1. The summed E-state index contributed by atoms with van der Waals surface area (Å²) in [6.45, 7) is 0.313. The van der Waals surface area contributed by atoms with Crippen molar-refractivity contribution in [3.05, 3.63) is 58.4 Å². The molecule has 2 aromatic carbocycles. The Morgan fingerprint density at radius 3 is 2.33 bits per heavy atom. The van der Waals surface area contributed by atoms with Crippen LogP contribution in [0.15, 0.2) is 52.2 Å². The zero-order valence-corrected chi connectivity index (χ0v) is 18.2. The van der Waals surface area contributed by atoms with Crippen LogP contribution < -0.4 is 25.1 Å². The number of methoxy groups -OCH3 is 3. The summed E-state index contributed by atoms with van der Waals surface area (Å²) in [7, 11) is 6.37. The molecule has 158 valence electrons. The van der Waals surface area contributed by atoms with Crippen LogP contribution in [0.25, 0.3) is 10.9 Å². The topological polar surface area (TPSA) is 78.8 Å². The number of nitrogens with zero attached hydrogens (tertiary/aromatic N) is 1. The average Bonchev–Trinajstić information content (AvgIpc) is 2.78. The summed E-state index contributed by atoms with van der Waals surface area (Å²) >= 11 is 1.34. The third kappa shape index (κ3) is 4.54. The van der Waals surface area contributed by atoms with Gasteiger partial charge in [-0.05, 0) is 23.8 Å². The molecule has 3 rings (SSSR count). The Labute approximate surface area is 178 Å². The Hall–Kier alpha value is -3.13. The number of carbonyl (C=O) groups is 1. The van der Waals surface area contributed by atoms with Crippen molar-refractivity contribution in [2.24, 2.45) is 7.05 Å². The Bertz CT molecular complexity index is 1100. The van der Waals surface area contributed by atoms with Gasteiger partial charge in [0.05, 0.1) is 32.6 Å². The number of fused-ring (bicyclic) bond motifs is 1. The molecule has 0 aliphatic carbocycles. The zero-order valence-electron chi connectivity index (χ0n) is 17.4. The quantitative estimate of drug-likeness (QED) is 0.556. The van der Waals surface area contributed by atoms with E-state index < -0.39 is 0 Å². The largest absolute Gasteiger partial charge is 0.493 e. The number of rotatable bonds is 8. The monoisotopic (exact) mass is 428 g/mol. The lowest BCUT2D eigenvalue weighted by atomic mass is 10.2. The van der Waals surface area contributed by atoms with Crippen molar-refractivity contribution in [3.8, 4) is 17.2 Å². The normalized spacial score (nSPS) is 10.7. The van der Waals surface area contributed by atoms with Crippen molar-refractivity contribution in [2.75, 3.05) is 27.1 Å². The Morgan fingerprint density at radius 2 is 1.70 bits per heavy atom. The Balaban J connectivity index is 1.69. The van der Waals surface area contributed by atoms with Gasteiger partial charge in [0.1, 0.15) is 0 Å². The van der Waals surface area contributed by atoms with Gasteiger partial charge in [-0.25, -0.2) is 0 Å². The van der Waals surface area contributed by atoms with E-state index >= 15 is 0 Å². The number of hydrogen-bond acceptors (Lipinski definition) is 6. The fourth-order valence-electron chi connectivity index (χ4n) is 3.13. The summed E-state index contributed by atoms with van der Waals surface area (Å²) in [5, 5.41) is 3.83. The van der Waals surface area contributed by atoms with Crippen LogP contribution in [0.5, 0.6) is 17.2 Å². The summed E-state index contributed by atoms with van der Waals surface area (Å²) in [4.78, 5) is 25.4. The second kappa shape index (κ2) is 9.58. The number of pyridine rings is 1. The van der Waals surface area contributed by atoms with Gasteiger partial charge in [-0.15, -0.1) is 11.8 Å². The maximum atomic E-state index is 12.4. The van der Waals surface area contributed by atoms with Gasteiger partial charge >= 0.3 is 0 Å². The molecule has 0 fully saturated rings. The lowest BCUT2D eigenvalue weighted by Crippen LogP contribution is -2.24. The number of para-hydroxylation sites is 1. The van der Waals surface area contributed by atoms with E-state index in [1.807, 2.05) is 24.3 Å². The average molecular weight is 429 g/mol. The summed E-state index contributed by atoms with van der Waals surface area (Å²) in [6.07, 6.45) is 0. The van der Waals surface area contributed by atoms with Crippen molar-refractivity contribution in [1.29, 1.82) is 0 Å². The van der Waals surface area contributed by atoms with Crippen molar-refractivity contribution in [3.63, 3.8) is 0 Å². The molecule has 1 aromatic heterocycles. The van der Waals surface area contributed by atoms with Gasteiger partial charge in [-0.1, -0.05) is 18.2 Å². The van der Waals surface area contributed by atoms with Gasteiger partial charge in [0, 0.05) is 29.9 Å². The standard InChI is InChI=1S/C22H24N2O5S/c1-24-16-8-6-5-7-15(16)19(11-21(24)26)30-13-20(25)23-12-14-9-17(27-2)22(29-4)18(10-14)28-3/h5-11H,12-13H2,1-4H3,(H,23,25).